The molecule has 0 aliphatic heterocycles. The van der Waals surface area contributed by atoms with Crippen LogP contribution >= 0.6 is 0 Å². The fourth-order valence-electron chi connectivity index (χ4n) is 2.03. The van der Waals surface area contributed by atoms with Crippen molar-refractivity contribution in [2.45, 2.75) is 26.3 Å². The fraction of sp³-hybridized carbons (Fsp3) is 0.333. The summed E-state index contributed by atoms with van der Waals surface area (Å²) in [6.07, 6.45) is 2.64. The molecule has 0 aliphatic carbocycles. The Balaban J connectivity index is 2.13. The van der Waals surface area contributed by atoms with Crippen LogP contribution in [0.3, 0.4) is 0 Å². The van der Waals surface area contributed by atoms with E-state index in [-0.39, 0.29) is 11.9 Å². The number of H-pyrrole nitrogens is 1. The van der Waals surface area contributed by atoms with E-state index in [0.717, 1.165) is 24.2 Å². The van der Waals surface area contributed by atoms with Crippen molar-refractivity contribution in [3.63, 3.8) is 0 Å². The third-order valence-electron chi connectivity index (χ3n) is 3.12. The van der Waals surface area contributed by atoms with Gasteiger partial charge >= 0.3 is 0 Å². The third kappa shape index (κ3) is 3.45. The number of aromatic amines is 1. The predicted octanol–water partition coefficient (Wildman–Crippen LogP) is 2.72. The molecule has 20 heavy (non-hydrogen) atoms. The Morgan fingerprint density at radius 1 is 1.35 bits per heavy atom. The zero-order chi connectivity index (χ0) is 14.4. The topological polar surface area (TPSA) is 69.8 Å². The highest BCUT2D eigenvalue weighted by Crippen LogP contribution is 2.22. The maximum atomic E-state index is 12.1. The Bertz CT molecular complexity index is 551. The van der Waals surface area contributed by atoms with Crippen molar-refractivity contribution in [2.24, 2.45) is 0 Å². The molecule has 0 spiro atoms. The van der Waals surface area contributed by atoms with Gasteiger partial charge < -0.3 is 10.6 Å². The average Bonchev–Trinajstić information content (AvgIpc) is 2.99. The molecule has 1 aromatic carbocycles. The largest absolute Gasteiger partial charge is 0.320 e. The minimum Gasteiger partial charge on any atom is -0.320 e. The van der Waals surface area contributed by atoms with Gasteiger partial charge in [-0.3, -0.25) is 9.89 Å². The van der Waals surface area contributed by atoms with E-state index < -0.39 is 0 Å². The molecule has 0 aliphatic rings. The van der Waals surface area contributed by atoms with Crippen LogP contribution < -0.4 is 10.6 Å². The van der Waals surface area contributed by atoms with Crippen LogP contribution in [0, 0.1) is 0 Å². The first-order chi connectivity index (χ1) is 9.72. The number of rotatable bonds is 6. The zero-order valence-corrected chi connectivity index (χ0v) is 11.8. The normalized spacial score (nSPS) is 12.1. The van der Waals surface area contributed by atoms with Crippen molar-refractivity contribution in [1.29, 1.82) is 0 Å². The number of para-hydroxylation sites is 1. The SMILES string of the molecule is CCCNC(C)c1ccccc1NC(=O)c1ccn[nH]1. The van der Waals surface area contributed by atoms with Gasteiger partial charge in [-0.1, -0.05) is 25.1 Å². The van der Waals surface area contributed by atoms with Gasteiger partial charge in [0.05, 0.1) is 0 Å². The molecular formula is C15H20N4O. The zero-order valence-electron chi connectivity index (χ0n) is 11.8. The molecule has 1 unspecified atom stereocenters. The van der Waals surface area contributed by atoms with Gasteiger partial charge in [-0.25, -0.2) is 0 Å². The second-order valence-corrected chi connectivity index (χ2v) is 4.69. The Kier molecular flexibility index (Phi) is 4.90. The number of hydrogen-bond donors (Lipinski definition) is 3. The maximum Gasteiger partial charge on any atom is 0.273 e. The van der Waals surface area contributed by atoms with Crippen LogP contribution in [0.4, 0.5) is 5.69 Å². The van der Waals surface area contributed by atoms with Gasteiger partial charge in [-0.15, -0.1) is 0 Å². The number of aromatic nitrogens is 2. The third-order valence-corrected chi connectivity index (χ3v) is 3.12. The summed E-state index contributed by atoms with van der Waals surface area (Å²) in [4.78, 5) is 12.1. The molecule has 5 heteroatoms. The van der Waals surface area contributed by atoms with E-state index >= 15 is 0 Å². The lowest BCUT2D eigenvalue weighted by Crippen LogP contribution is -2.21. The van der Waals surface area contributed by atoms with Crippen LogP contribution in [-0.2, 0) is 0 Å². The van der Waals surface area contributed by atoms with Crippen molar-refractivity contribution >= 4 is 11.6 Å². The Morgan fingerprint density at radius 2 is 2.15 bits per heavy atom. The molecule has 1 heterocycles. The van der Waals surface area contributed by atoms with Crippen LogP contribution in [0.5, 0.6) is 0 Å². The summed E-state index contributed by atoms with van der Waals surface area (Å²) >= 11 is 0. The highest BCUT2D eigenvalue weighted by Gasteiger charge is 2.13. The lowest BCUT2D eigenvalue weighted by molar-refractivity contribution is 0.102. The summed E-state index contributed by atoms with van der Waals surface area (Å²) < 4.78 is 0. The summed E-state index contributed by atoms with van der Waals surface area (Å²) in [5.41, 5.74) is 2.35. The summed E-state index contributed by atoms with van der Waals surface area (Å²) in [5.74, 6) is -0.183. The molecule has 0 saturated heterocycles. The lowest BCUT2D eigenvalue weighted by atomic mass is 10.1. The fourth-order valence-corrected chi connectivity index (χ4v) is 2.03. The van der Waals surface area contributed by atoms with Gasteiger partial charge in [0.25, 0.3) is 5.91 Å². The molecule has 106 valence electrons. The maximum absolute atomic E-state index is 12.1. The number of anilines is 1. The minimum atomic E-state index is -0.183. The predicted molar refractivity (Wildman–Crippen MR) is 79.7 cm³/mol. The standard InChI is InChI=1S/C15H20N4O/c1-3-9-16-11(2)12-6-4-5-7-13(12)18-15(20)14-8-10-17-19-14/h4-8,10-11,16H,3,9H2,1-2H3,(H,17,19)(H,18,20). The molecule has 1 atom stereocenters. The number of nitrogens with zero attached hydrogens (tertiary/aromatic N) is 1. The summed E-state index contributed by atoms with van der Waals surface area (Å²) in [7, 11) is 0. The number of amides is 1. The molecule has 1 amide bonds. The smallest absolute Gasteiger partial charge is 0.273 e. The van der Waals surface area contributed by atoms with E-state index in [4.69, 9.17) is 0 Å². The second kappa shape index (κ2) is 6.86. The van der Waals surface area contributed by atoms with Gasteiger partial charge in [-0.2, -0.15) is 5.10 Å². The van der Waals surface area contributed by atoms with E-state index in [1.807, 2.05) is 24.3 Å². The summed E-state index contributed by atoms with van der Waals surface area (Å²) in [5, 5.41) is 12.8. The lowest BCUT2D eigenvalue weighted by Gasteiger charge is -2.18. The van der Waals surface area contributed by atoms with Crippen molar-refractivity contribution < 1.29 is 4.79 Å². The number of benzene rings is 1. The summed E-state index contributed by atoms with van der Waals surface area (Å²) in [6.45, 7) is 5.17. The first-order valence-corrected chi connectivity index (χ1v) is 6.85. The van der Waals surface area contributed by atoms with Gasteiger partial charge in [0.1, 0.15) is 5.69 Å². The van der Waals surface area contributed by atoms with Crippen LogP contribution in [0.2, 0.25) is 0 Å². The molecule has 0 radical (unpaired) electrons. The number of carbonyl (C=O) groups is 1. The molecular weight excluding hydrogens is 252 g/mol. The minimum absolute atomic E-state index is 0.183. The number of carbonyl (C=O) groups excluding carboxylic acids is 1. The van der Waals surface area contributed by atoms with E-state index in [0.29, 0.717) is 5.69 Å². The highest BCUT2D eigenvalue weighted by molar-refractivity contribution is 6.03. The number of hydrogen-bond acceptors (Lipinski definition) is 3. The summed E-state index contributed by atoms with van der Waals surface area (Å²) in [6, 6.07) is 9.66. The van der Waals surface area contributed by atoms with Gasteiger partial charge in [0, 0.05) is 17.9 Å². The Morgan fingerprint density at radius 3 is 2.85 bits per heavy atom. The van der Waals surface area contributed by atoms with Crippen molar-refractivity contribution in [3.8, 4) is 0 Å². The monoisotopic (exact) mass is 272 g/mol. The van der Waals surface area contributed by atoms with Crippen molar-refractivity contribution in [3.05, 3.63) is 47.8 Å². The molecule has 3 N–H and O–H groups in total. The second-order valence-electron chi connectivity index (χ2n) is 4.69. The van der Waals surface area contributed by atoms with Gasteiger partial charge in [0.15, 0.2) is 0 Å². The molecule has 2 rings (SSSR count). The van der Waals surface area contributed by atoms with Crippen molar-refractivity contribution in [1.82, 2.24) is 15.5 Å². The first-order valence-electron chi connectivity index (χ1n) is 6.85. The Labute approximate surface area is 118 Å². The van der Waals surface area contributed by atoms with Crippen LogP contribution in [0.25, 0.3) is 0 Å². The van der Waals surface area contributed by atoms with E-state index in [2.05, 4.69) is 34.7 Å². The van der Waals surface area contributed by atoms with Gasteiger partial charge in [-0.05, 0) is 37.6 Å². The van der Waals surface area contributed by atoms with E-state index in [1.54, 1.807) is 12.3 Å². The van der Waals surface area contributed by atoms with Crippen LogP contribution in [0.15, 0.2) is 36.5 Å². The van der Waals surface area contributed by atoms with Gasteiger partial charge in [0.2, 0.25) is 0 Å². The number of nitrogens with one attached hydrogen (secondary N) is 3. The van der Waals surface area contributed by atoms with Crippen molar-refractivity contribution in [2.75, 3.05) is 11.9 Å². The molecule has 5 nitrogen and oxygen atoms in total. The molecule has 0 saturated carbocycles. The quantitative estimate of drug-likeness (QED) is 0.757. The Hall–Kier alpha value is -2.14. The molecule has 1 aromatic heterocycles. The average molecular weight is 272 g/mol. The van der Waals surface area contributed by atoms with Crippen LogP contribution in [0.1, 0.15) is 42.4 Å². The van der Waals surface area contributed by atoms with E-state index in [1.165, 1.54) is 0 Å². The van der Waals surface area contributed by atoms with E-state index in [9.17, 15) is 4.79 Å². The molecule has 2 aromatic rings. The molecule has 0 fully saturated rings. The molecule has 0 bridgehead atoms. The van der Waals surface area contributed by atoms with Crippen LogP contribution in [-0.4, -0.2) is 22.6 Å². The highest BCUT2D eigenvalue weighted by atomic mass is 16.1. The first kappa shape index (κ1) is 14.3.